The van der Waals surface area contributed by atoms with Crippen molar-refractivity contribution in [1.82, 2.24) is 16.0 Å². The average molecular weight is 391 g/mol. The van der Waals surface area contributed by atoms with Gasteiger partial charge in [-0.15, -0.1) is 0 Å². The summed E-state index contributed by atoms with van der Waals surface area (Å²) in [6, 6.07) is -4.26. The number of carbonyl (C=O) groups is 5. The quantitative estimate of drug-likeness (QED) is 0.183. The van der Waals surface area contributed by atoms with Crippen molar-refractivity contribution in [3.05, 3.63) is 0 Å². The van der Waals surface area contributed by atoms with Gasteiger partial charge in [-0.1, -0.05) is 0 Å². The number of carboxylic acid groups (broad SMARTS) is 1. The summed E-state index contributed by atoms with van der Waals surface area (Å²) in [5.41, 5.74) is 10.6. The number of rotatable bonds is 11. The highest BCUT2D eigenvalue weighted by molar-refractivity contribution is 7.80. The van der Waals surface area contributed by atoms with E-state index in [0.717, 1.165) is 0 Å². The molecule has 8 N–H and O–H groups in total. The van der Waals surface area contributed by atoms with E-state index in [1.165, 1.54) is 13.8 Å². The number of hydrogen-bond donors (Lipinski definition) is 7. The zero-order valence-electron chi connectivity index (χ0n) is 14.5. The Morgan fingerprint density at radius 3 is 1.96 bits per heavy atom. The monoisotopic (exact) mass is 391 g/mol. The number of hydrogen-bond acceptors (Lipinski definition) is 7. The normalized spacial score (nSPS) is 15.1. The molecule has 0 heterocycles. The first-order chi connectivity index (χ1) is 12.0. The third-order valence-electron chi connectivity index (χ3n) is 3.34. The molecular formula is C14H25N5O6S. The molecule has 0 aromatic rings. The van der Waals surface area contributed by atoms with E-state index in [1.807, 2.05) is 0 Å². The predicted octanol–water partition coefficient (Wildman–Crippen LogP) is -2.91. The largest absolute Gasteiger partial charge is 0.480 e. The fourth-order valence-electron chi connectivity index (χ4n) is 1.68. The summed E-state index contributed by atoms with van der Waals surface area (Å²) in [7, 11) is 0. The van der Waals surface area contributed by atoms with Crippen molar-refractivity contribution in [2.24, 2.45) is 11.5 Å². The van der Waals surface area contributed by atoms with E-state index in [0.29, 0.717) is 0 Å². The Labute approximate surface area is 156 Å². The first-order valence-electron chi connectivity index (χ1n) is 7.78. The molecule has 0 radical (unpaired) electrons. The van der Waals surface area contributed by atoms with Gasteiger partial charge in [-0.25, -0.2) is 0 Å². The van der Waals surface area contributed by atoms with Gasteiger partial charge in [-0.3, -0.25) is 24.0 Å². The van der Waals surface area contributed by atoms with Crippen LogP contribution in [0.4, 0.5) is 0 Å². The summed E-state index contributed by atoms with van der Waals surface area (Å²) < 4.78 is 0. The number of nitrogens with two attached hydrogens (primary N) is 2. The van der Waals surface area contributed by atoms with Crippen LogP contribution >= 0.6 is 12.6 Å². The Hall–Kier alpha value is -2.34. The zero-order valence-corrected chi connectivity index (χ0v) is 15.4. The van der Waals surface area contributed by atoms with Gasteiger partial charge >= 0.3 is 5.97 Å². The summed E-state index contributed by atoms with van der Waals surface area (Å²) in [4.78, 5) is 57.3. The predicted molar refractivity (Wildman–Crippen MR) is 95.0 cm³/mol. The fraction of sp³-hybridized carbons (Fsp3) is 0.643. The molecule has 11 nitrogen and oxygen atoms in total. The second-order valence-electron chi connectivity index (χ2n) is 5.65. The topological polar surface area (TPSA) is 194 Å². The minimum Gasteiger partial charge on any atom is -0.480 e. The first kappa shape index (κ1) is 23.7. The Balaban J connectivity index is 4.63. The molecule has 4 amide bonds. The summed E-state index contributed by atoms with van der Waals surface area (Å²) in [6.45, 7) is 2.64. The van der Waals surface area contributed by atoms with Crippen molar-refractivity contribution in [2.45, 2.75) is 50.9 Å². The zero-order chi connectivity index (χ0) is 20.4. The molecule has 0 saturated carbocycles. The molecule has 0 aliphatic heterocycles. The summed E-state index contributed by atoms with van der Waals surface area (Å²) in [5, 5.41) is 15.7. The number of amides is 4. The summed E-state index contributed by atoms with van der Waals surface area (Å²) >= 11 is 3.97. The number of carboxylic acids is 1. The Morgan fingerprint density at radius 2 is 1.50 bits per heavy atom. The van der Waals surface area contributed by atoms with Crippen molar-refractivity contribution in [3.63, 3.8) is 0 Å². The average Bonchev–Trinajstić information content (AvgIpc) is 2.56. The molecule has 0 bridgehead atoms. The number of primary amides is 1. The number of thiol groups is 1. The van der Waals surface area contributed by atoms with Crippen LogP contribution in [0.15, 0.2) is 0 Å². The molecule has 0 fully saturated rings. The highest BCUT2D eigenvalue weighted by Crippen LogP contribution is 1.98. The number of carbonyl (C=O) groups excluding carboxylic acids is 4. The maximum Gasteiger partial charge on any atom is 0.325 e. The van der Waals surface area contributed by atoms with Crippen LogP contribution in [0.25, 0.3) is 0 Å². The highest BCUT2D eigenvalue weighted by atomic mass is 32.1. The van der Waals surface area contributed by atoms with Crippen molar-refractivity contribution in [1.29, 1.82) is 0 Å². The minimum absolute atomic E-state index is 0.0218. The summed E-state index contributed by atoms with van der Waals surface area (Å²) in [5.74, 6) is -3.96. The molecule has 4 atom stereocenters. The van der Waals surface area contributed by atoms with Crippen molar-refractivity contribution in [3.8, 4) is 0 Å². The number of nitrogens with one attached hydrogen (secondary N) is 3. The smallest absolute Gasteiger partial charge is 0.325 e. The van der Waals surface area contributed by atoms with E-state index in [-0.39, 0.29) is 18.6 Å². The van der Waals surface area contributed by atoms with Crippen molar-refractivity contribution in [2.75, 3.05) is 5.75 Å². The van der Waals surface area contributed by atoms with Crippen molar-refractivity contribution >= 4 is 42.2 Å². The van der Waals surface area contributed by atoms with Crippen LogP contribution in [-0.4, -0.2) is 64.6 Å². The molecule has 0 aromatic heterocycles. The fourth-order valence-corrected chi connectivity index (χ4v) is 1.94. The lowest BCUT2D eigenvalue weighted by atomic mass is 10.1. The van der Waals surface area contributed by atoms with Gasteiger partial charge in [0.25, 0.3) is 0 Å². The van der Waals surface area contributed by atoms with Gasteiger partial charge in [0, 0.05) is 12.2 Å². The first-order valence-corrected chi connectivity index (χ1v) is 8.41. The van der Waals surface area contributed by atoms with Crippen LogP contribution in [0.2, 0.25) is 0 Å². The molecule has 0 rings (SSSR count). The Kier molecular flexibility index (Phi) is 10.3. The Morgan fingerprint density at radius 1 is 0.962 bits per heavy atom. The third-order valence-corrected chi connectivity index (χ3v) is 3.70. The molecule has 0 aliphatic carbocycles. The lowest BCUT2D eigenvalue weighted by molar-refractivity contribution is -0.141. The van der Waals surface area contributed by atoms with Gasteiger partial charge in [0.05, 0.1) is 6.04 Å². The molecule has 0 aromatic carbocycles. The second kappa shape index (κ2) is 11.3. The van der Waals surface area contributed by atoms with Crippen LogP contribution in [0.3, 0.4) is 0 Å². The number of aliphatic carboxylic acids is 1. The minimum atomic E-state index is -1.22. The SMILES string of the molecule is CC(NC(=O)C(C)NC(=O)C(CS)NC(=O)C(N)CCC(N)=O)C(=O)O. The van der Waals surface area contributed by atoms with E-state index >= 15 is 0 Å². The second-order valence-corrected chi connectivity index (χ2v) is 6.02. The highest BCUT2D eigenvalue weighted by Gasteiger charge is 2.26. The van der Waals surface area contributed by atoms with E-state index in [2.05, 4.69) is 28.6 Å². The maximum absolute atomic E-state index is 12.1. The van der Waals surface area contributed by atoms with Gasteiger partial charge in [-0.2, -0.15) is 12.6 Å². The maximum atomic E-state index is 12.1. The van der Waals surface area contributed by atoms with Crippen LogP contribution in [0.5, 0.6) is 0 Å². The molecular weight excluding hydrogens is 366 g/mol. The molecule has 148 valence electrons. The van der Waals surface area contributed by atoms with Gasteiger partial charge < -0.3 is 32.5 Å². The van der Waals surface area contributed by atoms with Crippen molar-refractivity contribution < 1.29 is 29.1 Å². The van der Waals surface area contributed by atoms with E-state index in [1.54, 1.807) is 0 Å². The molecule has 12 heteroatoms. The lowest BCUT2D eigenvalue weighted by Crippen LogP contribution is -2.56. The van der Waals surface area contributed by atoms with Crippen LogP contribution in [0, 0.1) is 0 Å². The molecule has 0 aliphatic rings. The van der Waals surface area contributed by atoms with Gasteiger partial charge in [0.2, 0.25) is 23.6 Å². The van der Waals surface area contributed by atoms with Crippen LogP contribution < -0.4 is 27.4 Å². The van der Waals surface area contributed by atoms with E-state index < -0.39 is 53.8 Å². The van der Waals surface area contributed by atoms with E-state index in [9.17, 15) is 24.0 Å². The molecule has 0 saturated heterocycles. The van der Waals surface area contributed by atoms with Gasteiger partial charge in [-0.05, 0) is 20.3 Å². The molecule has 0 spiro atoms. The molecule has 26 heavy (non-hydrogen) atoms. The standard InChI is InChI=1S/C14H25N5O6S/c1-6(11(21)18-7(2)14(24)25)17-13(23)9(5-26)19-12(22)8(15)3-4-10(16)20/h6-9,26H,3-5,15H2,1-2H3,(H2,16,20)(H,17,23)(H,18,21)(H,19,22)(H,24,25). The third kappa shape index (κ3) is 8.67. The van der Waals surface area contributed by atoms with E-state index in [4.69, 9.17) is 16.6 Å². The Bertz CT molecular complexity index is 558. The summed E-state index contributed by atoms with van der Waals surface area (Å²) in [6.07, 6.45) is -0.0563. The van der Waals surface area contributed by atoms with Gasteiger partial charge in [0.1, 0.15) is 18.1 Å². The molecule has 4 unspecified atom stereocenters. The lowest BCUT2D eigenvalue weighted by Gasteiger charge is -2.21. The van der Waals surface area contributed by atoms with Crippen LogP contribution in [0.1, 0.15) is 26.7 Å². The van der Waals surface area contributed by atoms with Gasteiger partial charge in [0.15, 0.2) is 0 Å². The van der Waals surface area contributed by atoms with Crippen LogP contribution in [-0.2, 0) is 24.0 Å².